The lowest BCUT2D eigenvalue weighted by Crippen LogP contribution is -2.15. The molecular formula is C20H18N4O3. The highest BCUT2D eigenvalue weighted by molar-refractivity contribution is 6.11. The molecule has 0 aliphatic heterocycles. The lowest BCUT2D eigenvalue weighted by Gasteiger charge is -2.12. The van der Waals surface area contributed by atoms with Crippen molar-refractivity contribution in [1.82, 2.24) is 0 Å². The molecule has 7 heteroatoms. The fourth-order valence-electron chi connectivity index (χ4n) is 2.65. The van der Waals surface area contributed by atoms with Crippen LogP contribution in [-0.2, 0) is 4.74 Å². The number of amidine groups is 1. The predicted octanol–water partition coefficient (Wildman–Crippen LogP) is 3.55. The van der Waals surface area contributed by atoms with Crippen LogP contribution < -0.4 is 16.4 Å². The minimum absolute atomic E-state index is 0.0909. The van der Waals surface area contributed by atoms with Gasteiger partial charge in [0.2, 0.25) is 0 Å². The lowest BCUT2D eigenvalue weighted by molar-refractivity contribution is 0.102. The summed E-state index contributed by atoms with van der Waals surface area (Å²) in [6, 6.07) is 17.4. The highest BCUT2D eigenvalue weighted by atomic mass is 16.5. The zero-order valence-corrected chi connectivity index (χ0v) is 14.6. The van der Waals surface area contributed by atoms with Gasteiger partial charge < -0.3 is 15.8 Å². The molecule has 0 saturated heterocycles. The van der Waals surface area contributed by atoms with Crippen LogP contribution in [0.5, 0.6) is 0 Å². The molecule has 3 aromatic carbocycles. The van der Waals surface area contributed by atoms with E-state index < -0.39 is 6.09 Å². The molecule has 3 rings (SSSR count). The van der Waals surface area contributed by atoms with E-state index in [0.717, 1.165) is 0 Å². The van der Waals surface area contributed by atoms with Gasteiger partial charge in [0.25, 0.3) is 5.91 Å². The summed E-state index contributed by atoms with van der Waals surface area (Å²) in [6.07, 6.45) is -0.662. The summed E-state index contributed by atoms with van der Waals surface area (Å²) in [5, 5.41) is 14.4. The lowest BCUT2D eigenvalue weighted by atomic mass is 10.0. The molecule has 0 bridgehead atoms. The second-order valence-electron chi connectivity index (χ2n) is 5.81. The molecule has 2 amide bonds. The average molecular weight is 362 g/mol. The van der Waals surface area contributed by atoms with Gasteiger partial charge in [-0.05, 0) is 35.7 Å². The van der Waals surface area contributed by atoms with Crippen molar-refractivity contribution in [3.05, 3.63) is 71.8 Å². The Labute approximate surface area is 155 Å². The minimum atomic E-state index is -0.662. The third-order valence-electron chi connectivity index (χ3n) is 3.98. The van der Waals surface area contributed by atoms with Crippen LogP contribution >= 0.6 is 0 Å². The van der Waals surface area contributed by atoms with E-state index in [1.165, 1.54) is 7.11 Å². The summed E-state index contributed by atoms with van der Waals surface area (Å²) >= 11 is 0. The highest BCUT2D eigenvalue weighted by Gasteiger charge is 2.14. The van der Waals surface area contributed by atoms with E-state index in [1.54, 1.807) is 42.5 Å². The number of anilines is 2. The first-order valence-electron chi connectivity index (χ1n) is 8.11. The van der Waals surface area contributed by atoms with E-state index >= 15 is 0 Å². The minimum Gasteiger partial charge on any atom is -0.453 e. The number of hydrogen-bond donors (Lipinski definition) is 4. The number of fused-ring (bicyclic) bond motifs is 1. The van der Waals surface area contributed by atoms with Crippen LogP contribution in [0.3, 0.4) is 0 Å². The van der Waals surface area contributed by atoms with Crippen molar-refractivity contribution in [2.45, 2.75) is 0 Å². The highest BCUT2D eigenvalue weighted by Crippen LogP contribution is 2.27. The zero-order chi connectivity index (χ0) is 19.4. The van der Waals surface area contributed by atoms with Crippen LogP contribution in [0.1, 0.15) is 15.9 Å². The van der Waals surface area contributed by atoms with Crippen LogP contribution in [0.25, 0.3) is 10.8 Å². The fraction of sp³-hybridized carbons (Fsp3) is 0.0500. The van der Waals surface area contributed by atoms with Crippen molar-refractivity contribution in [2.24, 2.45) is 5.73 Å². The van der Waals surface area contributed by atoms with Crippen molar-refractivity contribution in [3.8, 4) is 0 Å². The predicted molar refractivity (Wildman–Crippen MR) is 105 cm³/mol. The Morgan fingerprint density at radius 1 is 0.963 bits per heavy atom. The smallest absolute Gasteiger partial charge is 0.411 e. The fourth-order valence-corrected chi connectivity index (χ4v) is 2.65. The van der Waals surface area contributed by atoms with Crippen LogP contribution in [0.4, 0.5) is 16.2 Å². The molecule has 0 radical (unpaired) electrons. The number of benzene rings is 3. The molecule has 0 aliphatic rings. The SMILES string of the molecule is COC(=O)Nc1cc(C(=O)Nc2ccccc2)cc2ccc(C(=N)N)cc12. The van der Waals surface area contributed by atoms with Crippen LogP contribution in [0.2, 0.25) is 0 Å². The quantitative estimate of drug-likeness (QED) is 0.419. The Bertz CT molecular complexity index is 1030. The van der Waals surface area contributed by atoms with Gasteiger partial charge in [0.05, 0.1) is 12.8 Å². The molecule has 0 saturated carbocycles. The Morgan fingerprint density at radius 3 is 2.37 bits per heavy atom. The Balaban J connectivity index is 2.05. The molecule has 0 spiro atoms. The Kier molecular flexibility index (Phi) is 5.03. The van der Waals surface area contributed by atoms with Crippen molar-refractivity contribution in [1.29, 1.82) is 5.41 Å². The topological polar surface area (TPSA) is 117 Å². The van der Waals surface area contributed by atoms with Crippen LogP contribution in [0, 0.1) is 5.41 Å². The summed E-state index contributed by atoms with van der Waals surface area (Å²) in [7, 11) is 1.25. The van der Waals surface area contributed by atoms with Crippen LogP contribution in [0.15, 0.2) is 60.7 Å². The first kappa shape index (κ1) is 17.9. The first-order valence-corrected chi connectivity index (χ1v) is 8.11. The number of hydrogen-bond acceptors (Lipinski definition) is 4. The van der Waals surface area contributed by atoms with Gasteiger partial charge in [0, 0.05) is 22.2 Å². The molecule has 0 fully saturated rings. The van der Waals surface area contributed by atoms with Crippen LogP contribution in [-0.4, -0.2) is 24.9 Å². The van der Waals surface area contributed by atoms with Gasteiger partial charge in [0.1, 0.15) is 5.84 Å². The van der Waals surface area contributed by atoms with Gasteiger partial charge in [-0.3, -0.25) is 15.5 Å². The third kappa shape index (κ3) is 4.04. The molecule has 0 aliphatic carbocycles. The van der Waals surface area contributed by atoms with Gasteiger partial charge in [-0.15, -0.1) is 0 Å². The standard InChI is InChI=1S/C20H18N4O3/c1-27-20(26)24-17-11-14(19(25)23-15-5-3-2-4-6-15)9-12-7-8-13(18(21)22)10-16(12)17/h2-11H,1H3,(H3,21,22)(H,23,25)(H,24,26). The number of carbonyl (C=O) groups excluding carboxylic acids is 2. The van der Waals surface area contributed by atoms with E-state index in [1.807, 2.05) is 18.2 Å². The largest absolute Gasteiger partial charge is 0.453 e. The third-order valence-corrected chi connectivity index (χ3v) is 3.98. The molecule has 3 aromatic rings. The summed E-state index contributed by atoms with van der Waals surface area (Å²) in [5.74, 6) is -0.404. The van der Waals surface area contributed by atoms with Gasteiger partial charge >= 0.3 is 6.09 Å². The molecule has 136 valence electrons. The number of rotatable bonds is 4. The monoisotopic (exact) mass is 362 g/mol. The Morgan fingerprint density at radius 2 is 1.70 bits per heavy atom. The van der Waals surface area contributed by atoms with E-state index in [0.29, 0.717) is 33.3 Å². The maximum absolute atomic E-state index is 12.6. The molecule has 27 heavy (non-hydrogen) atoms. The van der Waals surface area contributed by atoms with E-state index in [-0.39, 0.29) is 11.7 Å². The molecule has 5 N–H and O–H groups in total. The number of carbonyl (C=O) groups is 2. The molecule has 7 nitrogen and oxygen atoms in total. The second kappa shape index (κ2) is 7.57. The van der Waals surface area contributed by atoms with Gasteiger partial charge in [-0.25, -0.2) is 4.79 Å². The summed E-state index contributed by atoms with van der Waals surface area (Å²) in [6.45, 7) is 0. The number of nitrogens with two attached hydrogens (primary N) is 1. The summed E-state index contributed by atoms with van der Waals surface area (Å²) < 4.78 is 4.66. The number of ether oxygens (including phenoxy) is 1. The number of methoxy groups -OCH3 is 1. The summed E-state index contributed by atoms with van der Waals surface area (Å²) in [4.78, 5) is 24.3. The maximum Gasteiger partial charge on any atom is 0.411 e. The molecule has 0 unspecified atom stereocenters. The first-order chi connectivity index (χ1) is 13.0. The van der Waals surface area contributed by atoms with Gasteiger partial charge in [-0.2, -0.15) is 0 Å². The van der Waals surface area contributed by atoms with Crippen molar-refractivity contribution in [2.75, 3.05) is 17.7 Å². The van der Waals surface area contributed by atoms with E-state index in [4.69, 9.17) is 11.1 Å². The normalized spacial score (nSPS) is 10.3. The number of nitrogen functional groups attached to an aromatic ring is 1. The van der Waals surface area contributed by atoms with Gasteiger partial charge in [-0.1, -0.05) is 30.3 Å². The molecule has 0 aromatic heterocycles. The molecular weight excluding hydrogens is 344 g/mol. The average Bonchev–Trinajstić information content (AvgIpc) is 2.68. The van der Waals surface area contributed by atoms with Crippen molar-refractivity contribution < 1.29 is 14.3 Å². The van der Waals surface area contributed by atoms with Crippen molar-refractivity contribution in [3.63, 3.8) is 0 Å². The summed E-state index contributed by atoms with van der Waals surface area (Å²) in [5.41, 5.74) is 7.49. The Hall–Kier alpha value is -3.87. The maximum atomic E-state index is 12.6. The van der Waals surface area contributed by atoms with E-state index in [9.17, 15) is 9.59 Å². The molecule has 0 heterocycles. The van der Waals surface area contributed by atoms with Gasteiger partial charge in [0.15, 0.2) is 0 Å². The number of nitrogens with one attached hydrogen (secondary N) is 3. The van der Waals surface area contributed by atoms with Crippen molar-refractivity contribution >= 4 is 40.0 Å². The number of para-hydroxylation sites is 1. The zero-order valence-electron chi connectivity index (χ0n) is 14.6. The number of amides is 2. The van der Waals surface area contributed by atoms with E-state index in [2.05, 4.69) is 15.4 Å². The molecule has 0 atom stereocenters. The second-order valence-corrected chi connectivity index (χ2v) is 5.81.